The lowest BCUT2D eigenvalue weighted by Crippen LogP contribution is -2.29. The Morgan fingerprint density at radius 1 is 1.42 bits per heavy atom. The van der Waals surface area contributed by atoms with Crippen molar-refractivity contribution in [2.75, 3.05) is 0 Å². The van der Waals surface area contributed by atoms with E-state index in [4.69, 9.17) is 15.0 Å². The van der Waals surface area contributed by atoms with Gasteiger partial charge in [-0.25, -0.2) is 5.84 Å². The van der Waals surface area contributed by atoms with Gasteiger partial charge in [0.05, 0.1) is 0 Å². The number of hydrogen-bond acceptors (Lipinski definition) is 4. The van der Waals surface area contributed by atoms with Crippen molar-refractivity contribution in [3.8, 4) is 5.75 Å². The number of amides is 1. The number of hydrazine groups is 1. The number of halogens is 1. The van der Waals surface area contributed by atoms with Crippen LogP contribution in [0.25, 0.3) is 0 Å². The van der Waals surface area contributed by atoms with Gasteiger partial charge in [0.2, 0.25) is 0 Å². The van der Waals surface area contributed by atoms with Gasteiger partial charge in [-0.3, -0.25) is 10.2 Å². The van der Waals surface area contributed by atoms with Gasteiger partial charge < -0.3 is 9.15 Å². The number of nitrogens with two attached hydrogens (primary N) is 1. The van der Waals surface area contributed by atoms with E-state index in [9.17, 15) is 4.79 Å². The molecule has 0 radical (unpaired) electrons. The highest BCUT2D eigenvalue weighted by Crippen LogP contribution is 2.23. The summed E-state index contributed by atoms with van der Waals surface area (Å²) in [5, 5.41) is 0. The zero-order chi connectivity index (χ0) is 13.8. The smallest absolute Gasteiger partial charge is 0.300 e. The number of carbonyl (C=O) groups excluding carboxylic acids is 1. The fraction of sp³-hybridized carbons (Fsp3) is 0.154. The van der Waals surface area contributed by atoms with Crippen LogP contribution in [-0.4, -0.2) is 5.91 Å². The predicted octanol–water partition coefficient (Wildman–Crippen LogP) is 2.53. The van der Waals surface area contributed by atoms with E-state index < -0.39 is 5.91 Å². The van der Waals surface area contributed by atoms with Gasteiger partial charge in [0.1, 0.15) is 18.1 Å². The van der Waals surface area contributed by atoms with Gasteiger partial charge in [-0.2, -0.15) is 0 Å². The number of nitrogens with one attached hydrogen (secondary N) is 1. The third-order valence-corrected chi connectivity index (χ3v) is 3.02. The fourth-order valence-electron chi connectivity index (χ4n) is 1.57. The maximum absolute atomic E-state index is 11.2. The summed E-state index contributed by atoms with van der Waals surface area (Å²) in [6.07, 6.45) is 0. The number of nitrogen functional groups attached to an aromatic ring is 1. The van der Waals surface area contributed by atoms with E-state index in [0.29, 0.717) is 5.76 Å². The number of rotatable bonds is 4. The second-order valence-corrected chi connectivity index (χ2v) is 4.85. The minimum atomic E-state index is -0.467. The van der Waals surface area contributed by atoms with Crippen molar-refractivity contribution in [2.24, 2.45) is 5.84 Å². The first-order valence-corrected chi connectivity index (χ1v) is 6.38. The van der Waals surface area contributed by atoms with Crippen molar-refractivity contribution in [3.63, 3.8) is 0 Å². The van der Waals surface area contributed by atoms with E-state index >= 15 is 0 Å². The molecule has 0 bridgehead atoms. The lowest BCUT2D eigenvalue weighted by Gasteiger charge is -2.07. The summed E-state index contributed by atoms with van der Waals surface area (Å²) >= 11 is 3.39. The molecule has 0 aliphatic heterocycles. The highest BCUT2D eigenvalue weighted by atomic mass is 79.9. The van der Waals surface area contributed by atoms with Crippen LogP contribution >= 0.6 is 15.9 Å². The second-order valence-electron chi connectivity index (χ2n) is 3.94. The molecular formula is C13H13BrN2O3. The summed E-state index contributed by atoms with van der Waals surface area (Å²) in [5.74, 6) is 6.04. The maximum atomic E-state index is 11.2. The Balaban J connectivity index is 2.02. The van der Waals surface area contributed by atoms with Crippen LogP contribution in [0.15, 0.2) is 39.2 Å². The first-order valence-electron chi connectivity index (χ1n) is 5.59. The summed E-state index contributed by atoms with van der Waals surface area (Å²) in [7, 11) is 0. The molecule has 0 fully saturated rings. The maximum Gasteiger partial charge on any atom is 0.300 e. The Morgan fingerprint density at radius 3 is 2.89 bits per heavy atom. The highest BCUT2D eigenvalue weighted by molar-refractivity contribution is 9.10. The summed E-state index contributed by atoms with van der Waals surface area (Å²) in [4.78, 5) is 11.2. The molecule has 0 saturated carbocycles. The van der Waals surface area contributed by atoms with Crippen LogP contribution in [0.5, 0.6) is 5.75 Å². The Morgan fingerprint density at radius 2 is 2.21 bits per heavy atom. The topological polar surface area (TPSA) is 77.5 Å². The average Bonchev–Trinajstić information content (AvgIpc) is 2.85. The van der Waals surface area contributed by atoms with Gasteiger partial charge in [0, 0.05) is 4.47 Å². The van der Waals surface area contributed by atoms with Crippen molar-refractivity contribution in [1.82, 2.24) is 5.43 Å². The fourth-order valence-corrected chi connectivity index (χ4v) is 2.05. The van der Waals surface area contributed by atoms with E-state index in [1.54, 1.807) is 12.1 Å². The molecule has 0 aliphatic carbocycles. The standard InChI is InChI=1S/C13H13BrN2O3/c1-8-6-9(14)2-4-11(8)18-7-10-3-5-12(19-10)13(17)16-15/h2-6H,7,15H2,1H3,(H,16,17). The van der Waals surface area contributed by atoms with Crippen LogP contribution in [-0.2, 0) is 6.61 Å². The molecule has 100 valence electrons. The molecule has 0 spiro atoms. The van der Waals surface area contributed by atoms with Gasteiger partial charge in [-0.1, -0.05) is 15.9 Å². The zero-order valence-corrected chi connectivity index (χ0v) is 11.9. The zero-order valence-electron chi connectivity index (χ0n) is 10.3. The molecule has 0 aliphatic rings. The lowest BCUT2D eigenvalue weighted by molar-refractivity contribution is 0.0922. The summed E-state index contributed by atoms with van der Waals surface area (Å²) in [6, 6.07) is 8.96. The molecule has 0 atom stereocenters. The molecule has 5 nitrogen and oxygen atoms in total. The van der Waals surface area contributed by atoms with Gasteiger partial charge in [0.25, 0.3) is 0 Å². The Labute approximate surface area is 118 Å². The molecule has 19 heavy (non-hydrogen) atoms. The lowest BCUT2D eigenvalue weighted by atomic mass is 10.2. The minimum absolute atomic E-state index is 0.161. The van der Waals surface area contributed by atoms with Gasteiger partial charge in [-0.05, 0) is 42.8 Å². The molecule has 1 heterocycles. The van der Waals surface area contributed by atoms with Crippen LogP contribution in [0.4, 0.5) is 0 Å². The van der Waals surface area contributed by atoms with Crippen LogP contribution in [0, 0.1) is 6.92 Å². The monoisotopic (exact) mass is 324 g/mol. The first kappa shape index (κ1) is 13.6. The quantitative estimate of drug-likeness (QED) is 0.514. The van der Waals surface area contributed by atoms with Gasteiger partial charge in [-0.15, -0.1) is 0 Å². The SMILES string of the molecule is Cc1cc(Br)ccc1OCc1ccc(C(=O)NN)o1. The molecule has 2 rings (SSSR count). The molecular weight excluding hydrogens is 312 g/mol. The summed E-state index contributed by atoms with van der Waals surface area (Å²) in [5.41, 5.74) is 3.02. The van der Waals surface area contributed by atoms with Crippen molar-refractivity contribution >= 4 is 21.8 Å². The third-order valence-electron chi connectivity index (χ3n) is 2.52. The molecule has 2 aromatic rings. The first-order chi connectivity index (χ1) is 9.10. The normalized spacial score (nSPS) is 10.3. The van der Waals surface area contributed by atoms with E-state index in [0.717, 1.165) is 15.8 Å². The van der Waals surface area contributed by atoms with E-state index in [1.807, 2.05) is 30.5 Å². The highest BCUT2D eigenvalue weighted by Gasteiger charge is 2.10. The van der Waals surface area contributed by atoms with Crippen LogP contribution in [0.1, 0.15) is 21.9 Å². The number of benzene rings is 1. The minimum Gasteiger partial charge on any atom is -0.485 e. The van der Waals surface area contributed by atoms with E-state index in [2.05, 4.69) is 15.9 Å². The van der Waals surface area contributed by atoms with Crippen LogP contribution < -0.4 is 16.0 Å². The number of ether oxygens (including phenoxy) is 1. The number of aryl methyl sites for hydroxylation is 1. The Kier molecular flexibility index (Phi) is 4.24. The van der Waals surface area contributed by atoms with Gasteiger partial charge >= 0.3 is 5.91 Å². The molecule has 6 heteroatoms. The van der Waals surface area contributed by atoms with Gasteiger partial charge in [0.15, 0.2) is 5.76 Å². The molecule has 1 amide bonds. The molecule has 1 aromatic heterocycles. The summed E-state index contributed by atoms with van der Waals surface area (Å²) in [6.45, 7) is 2.20. The summed E-state index contributed by atoms with van der Waals surface area (Å²) < 4.78 is 11.9. The number of carbonyl (C=O) groups is 1. The number of hydrogen-bond donors (Lipinski definition) is 2. The Bertz CT molecular complexity index is 595. The van der Waals surface area contributed by atoms with Crippen molar-refractivity contribution in [2.45, 2.75) is 13.5 Å². The predicted molar refractivity (Wildman–Crippen MR) is 73.6 cm³/mol. The molecule has 1 aromatic carbocycles. The van der Waals surface area contributed by atoms with Crippen LogP contribution in [0.2, 0.25) is 0 Å². The molecule has 0 saturated heterocycles. The number of furan rings is 1. The van der Waals surface area contributed by atoms with Crippen molar-refractivity contribution in [1.29, 1.82) is 0 Å². The van der Waals surface area contributed by atoms with E-state index in [1.165, 1.54) is 0 Å². The largest absolute Gasteiger partial charge is 0.485 e. The Hall–Kier alpha value is -1.79. The van der Waals surface area contributed by atoms with Crippen LogP contribution in [0.3, 0.4) is 0 Å². The second kappa shape index (κ2) is 5.90. The van der Waals surface area contributed by atoms with Crippen molar-refractivity contribution < 1.29 is 13.9 Å². The van der Waals surface area contributed by atoms with E-state index in [-0.39, 0.29) is 12.4 Å². The molecule has 3 N–H and O–H groups in total. The third kappa shape index (κ3) is 3.36. The average molecular weight is 325 g/mol. The van der Waals surface area contributed by atoms with Crippen molar-refractivity contribution in [3.05, 3.63) is 51.9 Å². The molecule has 0 unspecified atom stereocenters.